The first-order valence-electron chi connectivity index (χ1n) is 5.73. The maximum Gasteiger partial charge on any atom is 0.137 e. The molecule has 5 heteroatoms. The van der Waals surface area contributed by atoms with E-state index in [0.29, 0.717) is 11.2 Å². The van der Waals surface area contributed by atoms with Gasteiger partial charge in [-0.25, -0.2) is 9.97 Å². The van der Waals surface area contributed by atoms with Crippen molar-refractivity contribution >= 4 is 29.2 Å². The number of rotatable bonds is 5. The Morgan fingerprint density at radius 3 is 2.53 bits per heavy atom. The molecule has 1 atom stereocenters. The maximum absolute atomic E-state index is 6.11. The van der Waals surface area contributed by atoms with Crippen LogP contribution in [0.1, 0.15) is 24.7 Å². The molecule has 96 valence electrons. The van der Waals surface area contributed by atoms with E-state index in [2.05, 4.69) is 35.1 Å². The number of nitrogens with zero attached hydrogens (tertiary/aromatic N) is 3. The molecule has 0 aromatic carbocycles. The first-order valence-corrected chi connectivity index (χ1v) is 7.50. The molecule has 0 saturated carbocycles. The molecular weight excluding hydrogens is 254 g/mol. The van der Waals surface area contributed by atoms with E-state index in [4.69, 9.17) is 11.6 Å². The van der Waals surface area contributed by atoms with Gasteiger partial charge < -0.3 is 4.90 Å². The summed E-state index contributed by atoms with van der Waals surface area (Å²) in [5.74, 6) is 2.76. The van der Waals surface area contributed by atoms with Crippen molar-refractivity contribution < 1.29 is 0 Å². The second-order valence-electron chi connectivity index (χ2n) is 4.14. The van der Waals surface area contributed by atoms with Gasteiger partial charge in [0.1, 0.15) is 16.8 Å². The normalized spacial score (nSPS) is 12.6. The second-order valence-corrected chi connectivity index (χ2v) is 5.41. The number of aromatic nitrogens is 2. The Labute approximate surface area is 113 Å². The van der Waals surface area contributed by atoms with E-state index in [9.17, 15) is 0 Å². The molecule has 0 aliphatic carbocycles. The van der Waals surface area contributed by atoms with Crippen LogP contribution in [0.4, 0.5) is 5.82 Å². The summed E-state index contributed by atoms with van der Waals surface area (Å²) in [6.45, 7) is 6.04. The highest BCUT2D eigenvalue weighted by molar-refractivity contribution is 7.98. The predicted molar refractivity (Wildman–Crippen MR) is 77.4 cm³/mol. The fourth-order valence-corrected chi connectivity index (χ4v) is 2.84. The number of aryl methyl sites for hydroxylation is 1. The summed E-state index contributed by atoms with van der Waals surface area (Å²) in [5, 5.41) is 0.554. The third-order valence-corrected chi connectivity index (χ3v) is 3.97. The van der Waals surface area contributed by atoms with Crippen molar-refractivity contribution in [3.8, 4) is 0 Å². The zero-order chi connectivity index (χ0) is 13.0. The summed E-state index contributed by atoms with van der Waals surface area (Å²) in [5.41, 5.74) is 0.958. The molecule has 1 aromatic rings. The highest BCUT2D eigenvalue weighted by atomic mass is 35.5. The van der Waals surface area contributed by atoms with Gasteiger partial charge in [0.25, 0.3) is 0 Å². The molecule has 0 aliphatic rings. The molecular formula is C12H20ClN3S. The third kappa shape index (κ3) is 3.49. The van der Waals surface area contributed by atoms with Crippen LogP contribution in [0.2, 0.25) is 5.15 Å². The van der Waals surface area contributed by atoms with Gasteiger partial charge in [0.2, 0.25) is 0 Å². The van der Waals surface area contributed by atoms with Crippen molar-refractivity contribution in [3.63, 3.8) is 0 Å². The number of hydrogen-bond acceptors (Lipinski definition) is 4. The van der Waals surface area contributed by atoms with Crippen LogP contribution in [-0.2, 0) is 0 Å². The average molecular weight is 274 g/mol. The van der Waals surface area contributed by atoms with Crippen LogP contribution >= 0.6 is 23.4 Å². The monoisotopic (exact) mass is 273 g/mol. The number of thioether (sulfide) groups is 1. The van der Waals surface area contributed by atoms with Crippen molar-refractivity contribution in [2.24, 2.45) is 0 Å². The summed E-state index contributed by atoms with van der Waals surface area (Å²) >= 11 is 7.96. The fraction of sp³-hybridized carbons (Fsp3) is 0.667. The Morgan fingerprint density at radius 1 is 1.35 bits per heavy atom. The zero-order valence-corrected chi connectivity index (χ0v) is 12.7. The Hall–Kier alpha value is -0.480. The molecule has 0 aliphatic heterocycles. The van der Waals surface area contributed by atoms with Gasteiger partial charge in [-0.3, -0.25) is 0 Å². The van der Waals surface area contributed by atoms with Gasteiger partial charge in [0.15, 0.2) is 0 Å². The van der Waals surface area contributed by atoms with Crippen molar-refractivity contribution in [2.75, 3.05) is 24.0 Å². The second kappa shape index (κ2) is 6.45. The fourth-order valence-electron chi connectivity index (χ4n) is 1.79. The summed E-state index contributed by atoms with van der Waals surface area (Å²) in [4.78, 5) is 10.9. The highest BCUT2D eigenvalue weighted by Gasteiger charge is 2.18. The zero-order valence-electron chi connectivity index (χ0n) is 11.1. The topological polar surface area (TPSA) is 29.0 Å². The van der Waals surface area contributed by atoms with Gasteiger partial charge in [0.05, 0.1) is 0 Å². The van der Waals surface area contributed by atoms with Crippen LogP contribution in [0.25, 0.3) is 0 Å². The standard InChI is InChI=1S/C12H20ClN3S/c1-6-10(7-17-5)16(4)12-8(2)11(13)14-9(3)15-12/h10H,6-7H2,1-5H3. The van der Waals surface area contributed by atoms with Crippen LogP contribution < -0.4 is 4.90 Å². The lowest BCUT2D eigenvalue weighted by atomic mass is 10.2. The summed E-state index contributed by atoms with van der Waals surface area (Å²) in [7, 11) is 2.08. The van der Waals surface area contributed by atoms with Crippen LogP contribution in [0.5, 0.6) is 0 Å². The molecule has 3 nitrogen and oxygen atoms in total. The lowest BCUT2D eigenvalue weighted by Gasteiger charge is -2.29. The molecule has 0 radical (unpaired) electrons. The largest absolute Gasteiger partial charge is 0.356 e. The van der Waals surface area contributed by atoms with E-state index in [1.165, 1.54) is 0 Å². The number of hydrogen-bond donors (Lipinski definition) is 0. The lowest BCUT2D eigenvalue weighted by molar-refractivity contribution is 0.662. The van der Waals surface area contributed by atoms with Crippen molar-refractivity contribution in [1.82, 2.24) is 9.97 Å². The SMILES string of the molecule is CCC(CSC)N(C)c1nc(C)nc(Cl)c1C. The Kier molecular flexibility index (Phi) is 5.53. The maximum atomic E-state index is 6.11. The third-order valence-electron chi connectivity index (χ3n) is 2.88. The minimum Gasteiger partial charge on any atom is -0.356 e. The minimum atomic E-state index is 0.481. The van der Waals surface area contributed by atoms with Crippen LogP contribution in [0.15, 0.2) is 0 Å². The van der Waals surface area contributed by atoms with Gasteiger partial charge in [-0.05, 0) is 26.5 Å². The Bertz CT molecular complexity index is 384. The Balaban J connectivity index is 3.05. The summed E-state index contributed by atoms with van der Waals surface area (Å²) in [6, 6.07) is 0.481. The van der Waals surface area contributed by atoms with Gasteiger partial charge in [0, 0.05) is 24.4 Å². The van der Waals surface area contributed by atoms with Crippen LogP contribution in [0, 0.1) is 13.8 Å². The van der Waals surface area contributed by atoms with Gasteiger partial charge in [-0.2, -0.15) is 11.8 Å². The van der Waals surface area contributed by atoms with Crippen LogP contribution in [0.3, 0.4) is 0 Å². The number of anilines is 1. The van der Waals surface area contributed by atoms with E-state index >= 15 is 0 Å². The molecule has 0 N–H and O–H groups in total. The molecule has 1 aromatic heterocycles. The molecule has 0 amide bonds. The van der Waals surface area contributed by atoms with Crippen molar-refractivity contribution in [3.05, 3.63) is 16.5 Å². The molecule has 1 heterocycles. The minimum absolute atomic E-state index is 0.481. The molecule has 0 spiro atoms. The predicted octanol–water partition coefficient (Wildman–Crippen LogP) is 3.32. The first kappa shape index (κ1) is 14.6. The molecule has 0 fully saturated rings. The molecule has 0 saturated heterocycles. The number of halogens is 1. The van der Waals surface area contributed by atoms with E-state index in [0.717, 1.165) is 29.4 Å². The van der Waals surface area contributed by atoms with E-state index in [-0.39, 0.29) is 0 Å². The molecule has 1 unspecified atom stereocenters. The van der Waals surface area contributed by atoms with Crippen molar-refractivity contribution in [1.29, 1.82) is 0 Å². The average Bonchev–Trinajstić information content (AvgIpc) is 2.29. The Morgan fingerprint density at radius 2 is 2.00 bits per heavy atom. The summed E-state index contributed by atoms with van der Waals surface area (Å²) < 4.78 is 0. The van der Waals surface area contributed by atoms with Gasteiger partial charge in [-0.1, -0.05) is 18.5 Å². The van der Waals surface area contributed by atoms with Gasteiger partial charge in [-0.15, -0.1) is 0 Å². The molecule has 0 bridgehead atoms. The molecule has 1 rings (SSSR count). The first-order chi connectivity index (χ1) is 8.01. The molecule has 17 heavy (non-hydrogen) atoms. The van der Waals surface area contributed by atoms with Crippen molar-refractivity contribution in [2.45, 2.75) is 33.2 Å². The van der Waals surface area contributed by atoms with E-state index in [1.54, 1.807) is 0 Å². The van der Waals surface area contributed by atoms with Crippen LogP contribution in [-0.4, -0.2) is 35.1 Å². The lowest BCUT2D eigenvalue weighted by Crippen LogP contribution is -2.34. The van der Waals surface area contributed by atoms with Gasteiger partial charge >= 0.3 is 0 Å². The van der Waals surface area contributed by atoms with E-state index < -0.39 is 0 Å². The smallest absolute Gasteiger partial charge is 0.137 e. The highest BCUT2D eigenvalue weighted by Crippen LogP contribution is 2.25. The van der Waals surface area contributed by atoms with E-state index in [1.807, 2.05) is 25.6 Å². The summed E-state index contributed by atoms with van der Waals surface area (Å²) in [6.07, 6.45) is 3.22. The quantitative estimate of drug-likeness (QED) is 0.770.